The number of pyridine rings is 1. The predicted octanol–water partition coefficient (Wildman–Crippen LogP) is 1.64. The Bertz CT molecular complexity index is 1100. The van der Waals surface area contributed by atoms with Gasteiger partial charge in [0.1, 0.15) is 16.7 Å². The summed E-state index contributed by atoms with van der Waals surface area (Å²) in [5.41, 5.74) is 8.74. The molecule has 6 N–H and O–H groups in total. The predicted molar refractivity (Wildman–Crippen MR) is 154 cm³/mol. The highest BCUT2D eigenvalue weighted by atomic mass is 32.2. The third kappa shape index (κ3) is 8.07. The van der Waals surface area contributed by atoms with E-state index >= 15 is 0 Å². The van der Waals surface area contributed by atoms with Gasteiger partial charge in [0.05, 0.1) is 0 Å². The lowest BCUT2D eigenvalue weighted by Crippen LogP contribution is -2.52. The number of carbonyl (C=O) groups excluding carboxylic acids is 3. The van der Waals surface area contributed by atoms with Crippen LogP contribution >= 0.6 is 11.8 Å². The van der Waals surface area contributed by atoms with E-state index in [0.717, 1.165) is 30.9 Å². The van der Waals surface area contributed by atoms with Crippen molar-refractivity contribution in [2.75, 3.05) is 49.9 Å². The van der Waals surface area contributed by atoms with Gasteiger partial charge in [-0.25, -0.2) is 4.79 Å². The number of likely N-dealkylation sites (tertiary alicyclic amines) is 1. The van der Waals surface area contributed by atoms with Crippen molar-refractivity contribution in [3.05, 3.63) is 54.4 Å². The van der Waals surface area contributed by atoms with E-state index in [1.165, 1.54) is 24.6 Å². The molecule has 0 aliphatic carbocycles. The van der Waals surface area contributed by atoms with Crippen molar-refractivity contribution in [1.29, 1.82) is 0 Å². The Labute approximate surface area is 233 Å². The maximum Gasteiger partial charge on any atom is 0.319 e. The maximum atomic E-state index is 13.0. The van der Waals surface area contributed by atoms with E-state index < -0.39 is 11.4 Å². The van der Waals surface area contributed by atoms with Gasteiger partial charge in [-0.1, -0.05) is 0 Å². The molecule has 11 nitrogen and oxygen atoms in total. The van der Waals surface area contributed by atoms with Crippen LogP contribution in [0.1, 0.15) is 25.3 Å². The largest absolute Gasteiger partial charge is 0.383 e. The first-order valence-electron chi connectivity index (χ1n) is 13.4. The number of thioether (sulfide) groups is 1. The fraction of sp³-hybridized carbons (Fsp3) is 0.481. The summed E-state index contributed by atoms with van der Waals surface area (Å²) >= 11 is 1.41. The molecule has 1 aromatic heterocycles. The average molecular weight is 555 g/mol. The number of nitrogens with two attached hydrogens (primary N) is 1. The lowest BCUT2D eigenvalue weighted by Gasteiger charge is -2.26. The Kier molecular flexibility index (Phi) is 10.4. The van der Waals surface area contributed by atoms with Crippen LogP contribution in [0.15, 0.2) is 48.8 Å². The summed E-state index contributed by atoms with van der Waals surface area (Å²) in [7, 11) is 0. The number of hydrogen-bond donors (Lipinski definition) is 5. The van der Waals surface area contributed by atoms with Crippen LogP contribution < -0.4 is 27.0 Å². The van der Waals surface area contributed by atoms with E-state index in [1.807, 2.05) is 43.3 Å². The molecule has 2 saturated heterocycles. The van der Waals surface area contributed by atoms with Gasteiger partial charge in [-0.3, -0.25) is 14.6 Å². The molecule has 0 spiro atoms. The molecule has 0 saturated carbocycles. The van der Waals surface area contributed by atoms with Crippen LogP contribution in [-0.4, -0.2) is 88.6 Å². The number of likely N-dealkylation sites (N-methyl/N-ethyl adjacent to an activating group) is 1. The number of aromatic nitrogens is 1. The van der Waals surface area contributed by atoms with Gasteiger partial charge in [0.25, 0.3) is 0 Å². The van der Waals surface area contributed by atoms with Gasteiger partial charge in [-0.2, -0.15) is 0 Å². The molecule has 0 bridgehead atoms. The van der Waals surface area contributed by atoms with Crippen LogP contribution in [0.4, 0.5) is 16.2 Å². The number of nitrogens with one attached hydrogen (secondary N) is 4. The fourth-order valence-electron chi connectivity index (χ4n) is 4.69. The minimum Gasteiger partial charge on any atom is -0.383 e. The molecule has 1 aromatic carbocycles. The maximum absolute atomic E-state index is 13.0. The normalized spacial score (nSPS) is 20.1. The summed E-state index contributed by atoms with van der Waals surface area (Å²) in [5, 5.41) is 11.1. The number of benzene rings is 1. The van der Waals surface area contributed by atoms with Crippen molar-refractivity contribution in [2.24, 2.45) is 5.73 Å². The Morgan fingerprint density at radius 2 is 1.77 bits per heavy atom. The van der Waals surface area contributed by atoms with E-state index in [1.54, 1.807) is 17.3 Å². The molecular weight excluding hydrogens is 516 g/mol. The smallest absolute Gasteiger partial charge is 0.319 e. The molecule has 3 heterocycles. The van der Waals surface area contributed by atoms with Crippen molar-refractivity contribution in [1.82, 2.24) is 25.4 Å². The Balaban J connectivity index is 1.22. The summed E-state index contributed by atoms with van der Waals surface area (Å²) < 4.78 is 0. The highest BCUT2D eigenvalue weighted by Crippen LogP contribution is 2.33. The van der Waals surface area contributed by atoms with Crippen molar-refractivity contribution in [2.45, 2.75) is 43.0 Å². The van der Waals surface area contributed by atoms with Gasteiger partial charge in [-0.15, -0.1) is 11.8 Å². The van der Waals surface area contributed by atoms with E-state index in [4.69, 9.17) is 5.73 Å². The quantitative estimate of drug-likeness (QED) is 0.266. The molecule has 3 atom stereocenters. The zero-order valence-corrected chi connectivity index (χ0v) is 23.1. The summed E-state index contributed by atoms with van der Waals surface area (Å²) in [6.45, 7) is 6.80. The van der Waals surface area contributed by atoms with Gasteiger partial charge >= 0.3 is 6.03 Å². The monoisotopic (exact) mass is 554 g/mol. The van der Waals surface area contributed by atoms with Crippen LogP contribution in [-0.2, 0) is 16.1 Å². The van der Waals surface area contributed by atoms with E-state index in [0.29, 0.717) is 31.9 Å². The summed E-state index contributed by atoms with van der Waals surface area (Å²) in [6.07, 6.45) is 5.80. The van der Waals surface area contributed by atoms with Crippen molar-refractivity contribution in [3.63, 3.8) is 0 Å². The van der Waals surface area contributed by atoms with Crippen LogP contribution in [0.2, 0.25) is 0 Å². The Morgan fingerprint density at radius 3 is 2.46 bits per heavy atom. The molecule has 12 heteroatoms. The van der Waals surface area contributed by atoms with Crippen molar-refractivity contribution in [3.8, 4) is 0 Å². The molecule has 210 valence electrons. The Morgan fingerprint density at radius 1 is 1.08 bits per heavy atom. The van der Waals surface area contributed by atoms with Crippen LogP contribution in [0.25, 0.3) is 0 Å². The molecular formula is C27H38N8O3S. The van der Waals surface area contributed by atoms with E-state index in [-0.39, 0.29) is 23.1 Å². The third-order valence-electron chi connectivity index (χ3n) is 6.88. The number of carbonyl (C=O) groups is 3. The van der Waals surface area contributed by atoms with E-state index in [2.05, 4.69) is 31.2 Å². The minimum absolute atomic E-state index is 0.0405. The highest BCUT2D eigenvalue weighted by molar-refractivity contribution is 8.01. The summed E-state index contributed by atoms with van der Waals surface area (Å²) in [4.78, 5) is 45.9. The first-order valence-corrected chi connectivity index (χ1v) is 14.4. The number of rotatable bonds is 12. The molecule has 2 aliphatic rings. The SMILES string of the molecule is CCN1C(=O)[C@@H](CNc2ccc(NC(=O)NCCN3CCCC3)cc2)SC1[C@H](N)C(=O)NCc1ccncc1. The van der Waals surface area contributed by atoms with Crippen LogP contribution in [0, 0.1) is 0 Å². The van der Waals surface area contributed by atoms with Gasteiger partial charge in [0.2, 0.25) is 11.8 Å². The Hall–Kier alpha value is -3.35. The molecule has 4 rings (SSSR count). The number of amides is 4. The molecule has 2 aliphatic heterocycles. The zero-order chi connectivity index (χ0) is 27.6. The second kappa shape index (κ2) is 14.2. The number of hydrogen-bond acceptors (Lipinski definition) is 8. The molecule has 4 amide bonds. The molecule has 0 radical (unpaired) electrons. The first-order chi connectivity index (χ1) is 18.9. The van der Waals surface area contributed by atoms with E-state index in [9.17, 15) is 14.4 Å². The first kappa shape index (κ1) is 28.7. The van der Waals surface area contributed by atoms with Crippen LogP contribution in [0.3, 0.4) is 0 Å². The van der Waals surface area contributed by atoms with Crippen molar-refractivity contribution >= 4 is 41.0 Å². The topological polar surface area (TPSA) is 145 Å². The van der Waals surface area contributed by atoms with Gasteiger partial charge in [-0.05, 0) is 74.8 Å². The van der Waals surface area contributed by atoms with Crippen molar-refractivity contribution < 1.29 is 14.4 Å². The highest BCUT2D eigenvalue weighted by Gasteiger charge is 2.44. The van der Waals surface area contributed by atoms with Gasteiger partial charge in [0, 0.05) is 56.5 Å². The average Bonchev–Trinajstić information content (AvgIpc) is 3.59. The minimum atomic E-state index is -0.849. The second-order valence-corrected chi connectivity index (χ2v) is 11.0. The fourth-order valence-corrected chi connectivity index (χ4v) is 6.15. The van der Waals surface area contributed by atoms with Gasteiger partial charge in [0.15, 0.2) is 0 Å². The lowest BCUT2D eigenvalue weighted by atomic mass is 10.2. The molecule has 39 heavy (non-hydrogen) atoms. The number of urea groups is 1. The standard InChI is InChI=1S/C27H38N8O3S/c1-2-35-25(37)22(39-26(35)23(28)24(36)32-17-19-9-11-29-12-10-19)18-31-20-5-7-21(8-6-20)33-27(38)30-13-16-34-14-3-4-15-34/h5-12,22-23,26,31H,2-4,13-18,28H2,1H3,(H,32,36)(H2,30,33,38)/t22-,23-,26?/m1/s1. The van der Waals surface area contributed by atoms with Crippen LogP contribution in [0.5, 0.6) is 0 Å². The lowest BCUT2D eigenvalue weighted by molar-refractivity contribution is -0.131. The number of anilines is 2. The number of nitrogens with zero attached hydrogens (tertiary/aromatic N) is 3. The summed E-state index contributed by atoms with van der Waals surface area (Å²) in [5.74, 6) is -0.339. The molecule has 2 aromatic rings. The molecule has 2 fully saturated rings. The second-order valence-electron chi connectivity index (χ2n) is 9.63. The molecule has 1 unspecified atom stereocenters. The zero-order valence-electron chi connectivity index (χ0n) is 22.3. The summed E-state index contributed by atoms with van der Waals surface area (Å²) in [6, 6.07) is 9.93. The van der Waals surface area contributed by atoms with Gasteiger partial charge < -0.3 is 36.8 Å². The third-order valence-corrected chi connectivity index (χ3v) is 8.41.